The zero-order valence-electron chi connectivity index (χ0n) is 14.3. The van der Waals surface area contributed by atoms with Gasteiger partial charge in [0.05, 0.1) is 6.54 Å². The molecule has 0 bridgehead atoms. The van der Waals surface area contributed by atoms with E-state index in [4.69, 9.17) is 0 Å². The maximum Gasteiger partial charge on any atom is 0.193 e. The predicted molar refractivity (Wildman–Crippen MR) is 95.7 cm³/mol. The molecule has 0 amide bonds. The molecule has 0 aliphatic heterocycles. The molecule has 1 aromatic carbocycles. The molecular weight excluding hydrogens is 284 g/mol. The first-order valence-electron chi connectivity index (χ1n) is 8.29. The van der Waals surface area contributed by atoms with Gasteiger partial charge < -0.3 is 14.8 Å². The quantitative estimate of drug-likeness (QED) is 0.696. The van der Waals surface area contributed by atoms with Gasteiger partial charge in [-0.25, -0.2) is 0 Å². The summed E-state index contributed by atoms with van der Waals surface area (Å²) >= 11 is 0. The van der Waals surface area contributed by atoms with Crippen molar-refractivity contribution >= 4 is 5.96 Å². The van der Waals surface area contributed by atoms with Crippen LogP contribution in [0.2, 0.25) is 0 Å². The van der Waals surface area contributed by atoms with E-state index in [1.54, 1.807) is 0 Å². The highest BCUT2D eigenvalue weighted by atomic mass is 15.3. The monoisotopic (exact) mass is 310 g/mol. The van der Waals surface area contributed by atoms with Gasteiger partial charge in [0.1, 0.15) is 0 Å². The standard InChI is InChI=1S/C19H26N4/c1-20-19(23(3)14-17-8-6-12-22(17)2)21-13-16-11-10-15-7-4-5-9-18(15)16/h4-9,12,16H,10-11,13-14H2,1-3H3,(H,20,21). The van der Waals surface area contributed by atoms with Gasteiger partial charge in [0.2, 0.25) is 0 Å². The first-order chi connectivity index (χ1) is 11.2. The smallest absolute Gasteiger partial charge is 0.193 e. The van der Waals surface area contributed by atoms with Gasteiger partial charge in [0.15, 0.2) is 5.96 Å². The van der Waals surface area contributed by atoms with Gasteiger partial charge in [0.25, 0.3) is 0 Å². The maximum absolute atomic E-state index is 4.44. The number of rotatable bonds is 4. The Hall–Kier alpha value is -2.23. The van der Waals surface area contributed by atoms with Crippen molar-refractivity contribution in [3.63, 3.8) is 0 Å². The molecule has 0 spiro atoms. The number of aryl methyl sites for hydroxylation is 2. The Bertz CT molecular complexity index is 686. The van der Waals surface area contributed by atoms with Crippen molar-refractivity contribution in [3.8, 4) is 0 Å². The molecule has 23 heavy (non-hydrogen) atoms. The highest BCUT2D eigenvalue weighted by Crippen LogP contribution is 2.32. The molecule has 1 heterocycles. The number of guanidine groups is 1. The SMILES string of the molecule is CN=C(NCC1CCc2ccccc21)N(C)Cc1cccn1C. The van der Waals surface area contributed by atoms with Gasteiger partial charge in [-0.2, -0.15) is 0 Å². The van der Waals surface area contributed by atoms with Gasteiger partial charge in [0, 0.05) is 45.5 Å². The number of hydrogen-bond acceptors (Lipinski definition) is 1. The summed E-state index contributed by atoms with van der Waals surface area (Å²) in [6.45, 7) is 1.80. The van der Waals surface area contributed by atoms with Gasteiger partial charge >= 0.3 is 0 Å². The third-order valence-corrected chi connectivity index (χ3v) is 4.79. The van der Waals surface area contributed by atoms with E-state index in [0.29, 0.717) is 5.92 Å². The number of nitrogens with one attached hydrogen (secondary N) is 1. The van der Waals surface area contributed by atoms with Crippen LogP contribution >= 0.6 is 0 Å². The van der Waals surface area contributed by atoms with Crippen LogP contribution in [0.25, 0.3) is 0 Å². The molecule has 4 nitrogen and oxygen atoms in total. The van der Waals surface area contributed by atoms with Crippen LogP contribution < -0.4 is 5.32 Å². The van der Waals surface area contributed by atoms with Crippen LogP contribution in [0.5, 0.6) is 0 Å². The van der Waals surface area contributed by atoms with Gasteiger partial charge in [-0.1, -0.05) is 24.3 Å². The number of hydrogen-bond donors (Lipinski definition) is 1. The lowest BCUT2D eigenvalue weighted by molar-refractivity contribution is 0.457. The number of benzene rings is 1. The lowest BCUT2D eigenvalue weighted by atomic mass is 10.0. The van der Waals surface area contributed by atoms with Crippen molar-refractivity contribution in [2.45, 2.75) is 25.3 Å². The minimum absolute atomic E-state index is 0.589. The van der Waals surface area contributed by atoms with Crippen LogP contribution in [0.1, 0.15) is 29.2 Å². The molecule has 4 heteroatoms. The molecule has 3 rings (SSSR count). The van der Waals surface area contributed by atoms with E-state index in [1.807, 2.05) is 7.05 Å². The van der Waals surface area contributed by atoms with E-state index in [2.05, 4.69) is 76.5 Å². The normalized spacial score (nSPS) is 17.2. The van der Waals surface area contributed by atoms with Crippen molar-refractivity contribution in [2.24, 2.45) is 12.0 Å². The van der Waals surface area contributed by atoms with Crippen molar-refractivity contribution in [1.82, 2.24) is 14.8 Å². The van der Waals surface area contributed by atoms with Crippen molar-refractivity contribution in [1.29, 1.82) is 0 Å². The van der Waals surface area contributed by atoms with Gasteiger partial charge in [-0.15, -0.1) is 0 Å². The fourth-order valence-electron chi connectivity index (χ4n) is 3.44. The number of nitrogens with zero attached hydrogens (tertiary/aromatic N) is 3. The second-order valence-corrected chi connectivity index (χ2v) is 6.33. The first kappa shape index (κ1) is 15.7. The minimum atomic E-state index is 0.589. The maximum atomic E-state index is 4.44. The average molecular weight is 310 g/mol. The highest BCUT2D eigenvalue weighted by molar-refractivity contribution is 5.79. The summed E-state index contributed by atoms with van der Waals surface area (Å²) in [6.07, 6.45) is 4.50. The van der Waals surface area contributed by atoms with E-state index in [0.717, 1.165) is 19.0 Å². The Morgan fingerprint density at radius 1 is 1.30 bits per heavy atom. The molecule has 1 aromatic heterocycles. The molecule has 122 valence electrons. The fourth-order valence-corrected chi connectivity index (χ4v) is 3.44. The first-order valence-corrected chi connectivity index (χ1v) is 8.29. The summed E-state index contributed by atoms with van der Waals surface area (Å²) in [6, 6.07) is 13.0. The predicted octanol–water partition coefficient (Wildman–Crippen LogP) is 2.76. The second-order valence-electron chi connectivity index (χ2n) is 6.33. The molecule has 2 aromatic rings. The Kier molecular flexibility index (Phi) is 4.70. The Labute approximate surface area is 138 Å². The van der Waals surface area contributed by atoms with Crippen molar-refractivity contribution in [3.05, 3.63) is 59.4 Å². The van der Waals surface area contributed by atoms with Crippen LogP contribution in [0.3, 0.4) is 0 Å². The van der Waals surface area contributed by atoms with E-state index >= 15 is 0 Å². The van der Waals surface area contributed by atoms with Crippen LogP contribution in [-0.2, 0) is 20.0 Å². The van der Waals surface area contributed by atoms with E-state index in [1.165, 1.54) is 29.7 Å². The summed E-state index contributed by atoms with van der Waals surface area (Å²) in [5.74, 6) is 1.54. The van der Waals surface area contributed by atoms with Crippen molar-refractivity contribution < 1.29 is 0 Å². The zero-order chi connectivity index (χ0) is 16.2. The molecule has 1 atom stereocenters. The molecule has 1 aliphatic carbocycles. The van der Waals surface area contributed by atoms with Gasteiger partial charge in [-0.05, 0) is 36.1 Å². The van der Waals surface area contributed by atoms with Crippen LogP contribution in [0.15, 0.2) is 47.6 Å². The number of aromatic nitrogens is 1. The molecule has 0 radical (unpaired) electrons. The topological polar surface area (TPSA) is 32.6 Å². The lowest BCUT2D eigenvalue weighted by Crippen LogP contribution is -2.40. The summed E-state index contributed by atoms with van der Waals surface area (Å²) in [4.78, 5) is 6.61. The summed E-state index contributed by atoms with van der Waals surface area (Å²) < 4.78 is 2.15. The Morgan fingerprint density at radius 3 is 2.87 bits per heavy atom. The van der Waals surface area contributed by atoms with Crippen LogP contribution in [0.4, 0.5) is 0 Å². The van der Waals surface area contributed by atoms with Crippen molar-refractivity contribution in [2.75, 3.05) is 20.6 Å². The largest absolute Gasteiger partial charge is 0.356 e. The number of fused-ring (bicyclic) bond motifs is 1. The molecule has 1 aliphatic rings. The molecule has 1 unspecified atom stereocenters. The summed E-state index contributed by atoms with van der Waals surface area (Å²) in [7, 11) is 6.02. The lowest BCUT2D eigenvalue weighted by Gasteiger charge is -2.24. The molecule has 0 saturated heterocycles. The highest BCUT2D eigenvalue weighted by Gasteiger charge is 2.22. The Balaban J connectivity index is 1.59. The molecular formula is C19H26N4. The number of aliphatic imine (C=N–C) groups is 1. The van der Waals surface area contributed by atoms with E-state index in [-0.39, 0.29) is 0 Å². The molecule has 0 fully saturated rings. The molecule has 0 saturated carbocycles. The third-order valence-electron chi connectivity index (χ3n) is 4.79. The average Bonchev–Trinajstić information content (AvgIpc) is 3.15. The van der Waals surface area contributed by atoms with Gasteiger partial charge in [-0.3, -0.25) is 4.99 Å². The summed E-state index contributed by atoms with van der Waals surface area (Å²) in [5.41, 5.74) is 4.29. The van der Waals surface area contributed by atoms with Crippen LogP contribution in [-0.4, -0.2) is 36.1 Å². The van der Waals surface area contributed by atoms with Crippen LogP contribution in [0, 0.1) is 0 Å². The minimum Gasteiger partial charge on any atom is -0.356 e. The second kappa shape index (κ2) is 6.90. The van der Waals surface area contributed by atoms with E-state index in [9.17, 15) is 0 Å². The third kappa shape index (κ3) is 3.41. The van der Waals surface area contributed by atoms with E-state index < -0.39 is 0 Å². The summed E-state index contributed by atoms with van der Waals surface area (Å²) in [5, 5.41) is 3.55. The Morgan fingerprint density at radius 2 is 2.13 bits per heavy atom. The zero-order valence-corrected chi connectivity index (χ0v) is 14.3. The molecule has 1 N–H and O–H groups in total. The fraction of sp³-hybridized carbons (Fsp3) is 0.421.